The third-order valence-corrected chi connectivity index (χ3v) is 2.32. The molecule has 0 saturated heterocycles. The molecule has 1 heterocycles. The fourth-order valence-electron chi connectivity index (χ4n) is 0.993. The fraction of sp³-hybridized carbons (Fsp3) is 0.556. The molecule has 0 fully saturated rings. The molecule has 3 heteroatoms. The number of anilines is 1. The van der Waals surface area contributed by atoms with E-state index in [1.165, 1.54) is 12.1 Å². The van der Waals surface area contributed by atoms with E-state index in [0.717, 1.165) is 13.1 Å². The van der Waals surface area contributed by atoms with Crippen LogP contribution in [0.15, 0.2) is 16.8 Å². The van der Waals surface area contributed by atoms with Gasteiger partial charge >= 0.3 is 0 Å². The number of hydrogen-bond donors (Lipinski definition) is 1. The summed E-state index contributed by atoms with van der Waals surface area (Å²) in [5.41, 5.74) is 1.25. The summed E-state index contributed by atoms with van der Waals surface area (Å²) in [5.74, 6) is 0. The summed E-state index contributed by atoms with van der Waals surface area (Å²) in [6.45, 7) is 2.21. The summed E-state index contributed by atoms with van der Waals surface area (Å²) in [5, 5.41) is 7.59. The topological polar surface area (TPSA) is 15.3 Å². The van der Waals surface area contributed by atoms with Crippen LogP contribution in [0.3, 0.4) is 0 Å². The van der Waals surface area contributed by atoms with E-state index in [9.17, 15) is 0 Å². The van der Waals surface area contributed by atoms with Gasteiger partial charge in [-0.1, -0.05) is 0 Å². The molecule has 68 valence electrons. The smallest absolute Gasteiger partial charge is 0.0448 e. The first-order valence-electron chi connectivity index (χ1n) is 4.20. The zero-order chi connectivity index (χ0) is 8.81. The van der Waals surface area contributed by atoms with E-state index in [0.29, 0.717) is 0 Å². The molecule has 0 unspecified atom stereocenters. The SMILES string of the molecule is CN(C)CCCNc1ccsc1. The molecule has 1 rings (SSSR count). The van der Waals surface area contributed by atoms with Crippen molar-refractivity contribution in [2.45, 2.75) is 6.42 Å². The van der Waals surface area contributed by atoms with Crippen molar-refractivity contribution >= 4 is 17.0 Å². The Hall–Kier alpha value is -0.540. The molecule has 1 aromatic heterocycles. The van der Waals surface area contributed by atoms with E-state index >= 15 is 0 Å². The van der Waals surface area contributed by atoms with Crippen molar-refractivity contribution in [2.75, 3.05) is 32.5 Å². The normalized spacial score (nSPS) is 10.6. The summed E-state index contributed by atoms with van der Waals surface area (Å²) < 4.78 is 0. The van der Waals surface area contributed by atoms with Crippen LogP contribution in [0.4, 0.5) is 5.69 Å². The van der Waals surface area contributed by atoms with Crippen molar-refractivity contribution in [3.8, 4) is 0 Å². The molecular formula is C9H16N2S. The van der Waals surface area contributed by atoms with Crippen molar-refractivity contribution < 1.29 is 0 Å². The Kier molecular flexibility index (Phi) is 4.11. The Morgan fingerprint density at radius 1 is 1.50 bits per heavy atom. The molecule has 0 bridgehead atoms. The molecule has 0 aliphatic heterocycles. The number of rotatable bonds is 5. The van der Waals surface area contributed by atoms with Crippen LogP contribution in [0.2, 0.25) is 0 Å². The molecule has 1 N–H and O–H groups in total. The second-order valence-electron chi connectivity index (χ2n) is 3.10. The summed E-state index contributed by atoms with van der Waals surface area (Å²) in [7, 11) is 4.20. The molecule has 2 nitrogen and oxygen atoms in total. The van der Waals surface area contributed by atoms with Crippen molar-refractivity contribution in [3.05, 3.63) is 16.8 Å². The lowest BCUT2D eigenvalue weighted by molar-refractivity contribution is 0.405. The third kappa shape index (κ3) is 3.74. The van der Waals surface area contributed by atoms with E-state index in [-0.39, 0.29) is 0 Å². The van der Waals surface area contributed by atoms with Gasteiger partial charge in [0.1, 0.15) is 0 Å². The zero-order valence-corrected chi connectivity index (χ0v) is 8.53. The Bertz CT molecular complexity index is 194. The van der Waals surface area contributed by atoms with E-state index in [1.807, 2.05) is 0 Å². The van der Waals surface area contributed by atoms with Gasteiger partial charge < -0.3 is 10.2 Å². The van der Waals surface area contributed by atoms with Gasteiger partial charge in [-0.15, -0.1) is 0 Å². The maximum atomic E-state index is 3.36. The van der Waals surface area contributed by atoms with Gasteiger partial charge in [0.2, 0.25) is 0 Å². The average Bonchev–Trinajstić information content (AvgIpc) is 2.49. The predicted octanol–water partition coefficient (Wildman–Crippen LogP) is 2.11. The molecule has 0 atom stereocenters. The number of nitrogens with one attached hydrogen (secondary N) is 1. The van der Waals surface area contributed by atoms with E-state index in [4.69, 9.17) is 0 Å². The van der Waals surface area contributed by atoms with Crippen LogP contribution in [-0.2, 0) is 0 Å². The van der Waals surface area contributed by atoms with Crippen LogP contribution in [0.25, 0.3) is 0 Å². The summed E-state index contributed by atoms with van der Waals surface area (Å²) in [6.07, 6.45) is 1.20. The molecule has 0 aliphatic rings. The van der Waals surface area contributed by atoms with Crippen molar-refractivity contribution in [1.82, 2.24) is 4.90 Å². The summed E-state index contributed by atoms with van der Waals surface area (Å²) >= 11 is 1.73. The summed E-state index contributed by atoms with van der Waals surface area (Å²) in [6, 6.07) is 2.11. The molecule has 0 radical (unpaired) electrons. The first kappa shape index (κ1) is 9.55. The highest BCUT2D eigenvalue weighted by atomic mass is 32.1. The highest BCUT2D eigenvalue weighted by Gasteiger charge is 1.91. The van der Waals surface area contributed by atoms with Crippen LogP contribution in [0.1, 0.15) is 6.42 Å². The van der Waals surface area contributed by atoms with E-state index < -0.39 is 0 Å². The Balaban J connectivity index is 2.04. The highest BCUT2D eigenvalue weighted by Crippen LogP contribution is 2.11. The van der Waals surface area contributed by atoms with Crippen molar-refractivity contribution in [1.29, 1.82) is 0 Å². The van der Waals surface area contributed by atoms with Gasteiger partial charge in [-0.05, 0) is 38.5 Å². The maximum absolute atomic E-state index is 3.36. The molecule has 0 aromatic carbocycles. The largest absolute Gasteiger partial charge is 0.384 e. The number of hydrogen-bond acceptors (Lipinski definition) is 3. The minimum absolute atomic E-state index is 1.06. The molecular weight excluding hydrogens is 168 g/mol. The monoisotopic (exact) mass is 184 g/mol. The lowest BCUT2D eigenvalue weighted by Gasteiger charge is -2.09. The lowest BCUT2D eigenvalue weighted by Crippen LogP contribution is -2.16. The Labute approximate surface area is 78.2 Å². The maximum Gasteiger partial charge on any atom is 0.0448 e. The Morgan fingerprint density at radius 2 is 2.33 bits per heavy atom. The molecule has 0 spiro atoms. The van der Waals surface area contributed by atoms with Gasteiger partial charge in [-0.2, -0.15) is 11.3 Å². The van der Waals surface area contributed by atoms with Crippen molar-refractivity contribution in [2.24, 2.45) is 0 Å². The van der Waals surface area contributed by atoms with Crippen LogP contribution in [0.5, 0.6) is 0 Å². The fourth-order valence-corrected chi connectivity index (χ4v) is 1.61. The van der Waals surface area contributed by atoms with Gasteiger partial charge in [-0.3, -0.25) is 0 Å². The number of thiophene rings is 1. The highest BCUT2D eigenvalue weighted by molar-refractivity contribution is 7.08. The first-order valence-corrected chi connectivity index (χ1v) is 5.14. The quantitative estimate of drug-likeness (QED) is 0.705. The van der Waals surface area contributed by atoms with Gasteiger partial charge in [0.25, 0.3) is 0 Å². The van der Waals surface area contributed by atoms with Gasteiger partial charge in [0, 0.05) is 17.6 Å². The molecule has 1 aromatic rings. The minimum Gasteiger partial charge on any atom is -0.384 e. The predicted molar refractivity (Wildman–Crippen MR) is 56.0 cm³/mol. The molecule has 0 saturated carbocycles. The van der Waals surface area contributed by atoms with Gasteiger partial charge in [0.15, 0.2) is 0 Å². The van der Waals surface area contributed by atoms with E-state index in [1.54, 1.807) is 11.3 Å². The minimum atomic E-state index is 1.06. The van der Waals surface area contributed by atoms with Crippen LogP contribution < -0.4 is 5.32 Å². The van der Waals surface area contributed by atoms with Crippen LogP contribution in [0, 0.1) is 0 Å². The van der Waals surface area contributed by atoms with Gasteiger partial charge in [-0.25, -0.2) is 0 Å². The molecule has 0 aliphatic carbocycles. The molecule has 0 amide bonds. The summed E-state index contributed by atoms with van der Waals surface area (Å²) in [4.78, 5) is 2.20. The standard InChI is InChI=1S/C9H16N2S/c1-11(2)6-3-5-10-9-4-7-12-8-9/h4,7-8,10H,3,5-6H2,1-2H3. The van der Waals surface area contributed by atoms with Crippen molar-refractivity contribution in [3.63, 3.8) is 0 Å². The zero-order valence-electron chi connectivity index (χ0n) is 7.71. The van der Waals surface area contributed by atoms with Crippen LogP contribution in [-0.4, -0.2) is 32.1 Å². The third-order valence-electron chi connectivity index (χ3n) is 1.63. The average molecular weight is 184 g/mol. The van der Waals surface area contributed by atoms with Crippen LogP contribution >= 0.6 is 11.3 Å². The van der Waals surface area contributed by atoms with Gasteiger partial charge in [0.05, 0.1) is 0 Å². The van der Waals surface area contributed by atoms with E-state index in [2.05, 4.69) is 41.1 Å². The lowest BCUT2D eigenvalue weighted by atomic mass is 10.4. The number of nitrogens with zero attached hydrogens (tertiary/aromatic N) is 1. The second kappa shape index (κ2) is 5.17. The first-order chi connectivity index (χ1) is 5.79. The Morgan fingerprint density at radius 3 is 2.92 bits per heavy atom. The molecule has 12 heavy (non-hydrogen) atoms. The second-order valence-corrected chi connectivity index (χ2v) is 3.88.